The molecule has 0 radical (unpaired) electrons. The summed E-state index contributed by atoms with van der Waals surface area (Å²) in [6.45, 7) is 5.01. The van der Waals surface area contributed by atoms with Gasteiger partial charge < -0.3 is 10.1 Å². The number of carbonyl (C=O) groups excluding carboxylic acids is 2. The Morgan fingerprint density at radius 2 is 1.81 bits per heavy atom. The lowest BCUT2D eigenvalue weighted by Crippen LogP contribution is -2.37. The zero-order valence-corrected chi connectivity index (χ0v) is 18.6. The van der Waals surface area contributed by atoms with E-state index < -0.39 is 34.0 Å². The van der Waals surface area contributed by atoms with Gasteiger partial charge in [0.15, 0.2) is 6.10 Å². The van der Waals surface area contributed by atoms with Crippen molar-refractivity contribution in [2.45, 2.75) is 45.4 Å². The highest BCUT2D eigenvalue weighted by Gasteiger charge is 2.33. The molecule has 0 spiro atoms. The topological polar surface area (TPSA) is 92.8 Å². The second-order valence-electron chi connectivity index (χ2n) is 7.78. The van der Waals surface area contributed by atoms with Crippen LogP contribution in [0.5, 0.6) is 0 Å². The van der Waals surface area contributed by atoms with Crippen LogP contribution in [0.3, 0.4) is 0 Å². The zero-order chi connectivity index (χ0) is 22.9. The molecule has 3 unspecified atom stereocenters. The van der Waals surface area contributed by atoms with Crippen molar-refractivity contribution >= 4 is 27.6 Å². The summed E-state index contributed by atoms with van der Waals surface area (Å²) in [5, 5.41) is 2.73. The molecule has 0 aromatic heterocycles. The highest BCUT2D eigenvalue weighted by Crippen LogP contribution is 2.34. The van der Waals surface area contributed by atoms with Gasteiger partial charge in [0.1, 0.15) is 5.82 Å². The molecule has 1 N–H and O–H groups in total. The summed E-state index contributed by atoms with van der Waals surface area (Å²) in [6.07, 6.45) is 0.582. The maximum atomic E-state index is 13.1. The molecule has 9 heteroatoms. The first-order valence-corrected chi connectivity index (χ1v) is 11.7. The number of nitrogens with zero attached hydrogens (tertiary/aromatic N) is 1. The third kappa shape index (κ3) is 5.04. The number of carbonyl (C=O) groups is 2. The molecule has 2 aromatic carbocycles. The van der Waals surface area contributed by atoms with Crippen molar-refractivity contribution in [1.82, 2.24) is 5.32 Å². The van der Waals surface area contributed by atoms with E-state index in [0.29, 0.717) is 12.1 Å². The molecular weight excluding hydrogens is 423 g/mol. The van der Waals surface area contributed by atoms with Gasteiger partial charge in [-0.3, -0.25) is 9.10 Å². The molecule has 0 bridgehead atoms. The van der Waals surface area contributed by atoms with Crippen LogP contribution in [0.25, 0.3) is 0 Å². The van der Waals surface area contributed by atoms with E-state index >= 15 is 0 Å². The maximum absolute atomic E-state index is 13.1. The van der Waals surface area contributed by atoms with Crippen molar-refractivity contribution in [1.29, 1.82) is 0 Å². The molecule has 166 valence electrons. The van der Waals surface area contributed by atoms with Crippen molar-refractivity contribution in [3.8, 4) is 0 Å². The number of esters is 1. The number of halogens is 1. The molecule has 1 amide bonds. The van der Waals surface area contributed by atoms with Gasteiger partial charge in [-0.1, -0.05) is 12.1 Å². The highest BCUT2D eigenvalue weighted by molar-refractivity contribution is 7.92. The zero-order valence-electron chi connectivity index (χ0n) is 17.8. The van der Waals surface area contributed by atoms with Crippen molar-refractivity contribution < 1.29 is 27.1 Å². The normalized spacial score (nSPS) is 17.6. The molecule has 0 fully saturated rings. The number of fused-ring (bicyclic) bond motifs is 1. The molecule has 1 aliphatic rings. The van der Waals surface area contributed by atoms with Crippen LogP contribution in [0, 0.1) is 5.82 Å². The number of anilines is 1. The van der Waals surface area contributed by atoms with Gasteiger partial charge >= 0.3 is 5.97 Å². The van der Waals surface area contributed by atoms with Gasteiger partial charge in [0, 0.05) is 6.04 Å². The minimum atomic E-state index is -3.42. The first kappa shape index (κ1) is 22.7. The van der Waals surface area contributed by atoms with Crippen molar-refractivity contribution in [3.63, 3.8) is 0 Å². The number of amides is 1. The Morgan fingerprint density at radius 3 is 2.42 bits per heavy atom. The fourth-order valence-electron chi connectivity index (χ4n) is 3.68. The highest BCUT2D eigenvalue weighted by atomic mass is 32.2. The molecule has 3 atom stereocenters. The standard InChI is InChI=1S/C22H25FN2O5S/c1-13-11-18-12-17(7-10-20(18)25(13)31(4,28)29)22(27)30-15(3)21(26)24-14(2)16-5-8-19(23)9-6-16/h5-10,12-15H,11H2,1-4H3,(H,24,26). The van der Waals surface area contributed by atoms with E-state index in [2.05, 4.69) is 5.32 Å². The molecule has 0 aliphatic carbocycles. The Morgan fingerprint density at radius 1 is 1.16 bits per heavy atom. The van der Waals surface area contributed by atoms with E-state index in [1.165, 1.54) is 29.4 Å². The van der Waals surface area contributed by atoms with Crippen LogP contribution >= 0.6 is 0 Å². The van der Waals surface area contributed by atoms with Crippen LogP contribution in [0.4, 0.5) is 10.1 Å². The van der Waals surface area contributed by atoms with Gasteiger partial charge in [0.2, 0.25) is 10.0 Å². The lowest BCUT2D eigenvalue weighted by atomic mass is 10.1. The number of rotatable bonds is 6. The second-order valence-corrected chi connectivity index (χ2v) is 9.64. The fraction of sp³-hybridized carbons (Fsp3) is 0.364. The number of nitrogens with one attached hydrogen (secondary N) is 1. The Balaban J connectivity index is 1.65. The van der Waals surface area contributed by atoms with Crippen LogP contribution < -0.4 is 9.62 Å². The van der Waals surface area contributed by atoms with Gasteiger partial charge in [-0.2, -0.15) is 0 Å². The number of hydrogen-bond donors (Lipinski definition) is 1. The van der Waals surface area contributed by atoms with Crippen molar-refractivity contribution in [2.24, 2.45) is 0 Å². The van der Waals surface area contributed by atoms with Crippen LogP contribution in [0.2, 0.25) is 0 Å². The predicted octanol–water partition coefficient (Wildman–Crippen LogP) is 2.96. The summed E-state index contributed by atoms with van der Waals surface area (Å²) >= 11 is 0. The average Bonchev–Trinajstić information content (AvgIpc) is 3.03. The van der Waals surface area contributed by atoms with Crippen molar-refractivity contribution in [2.75, 3.05) is 10.6 Å². The number of ether oxygens (including phenoxy) is 1. The van der Waals surface area contributed by atoms with Gasteiger partial charge in [-0.05, 0) is 68.7 Å². The monoisotopic (exact) mass is 448 g/mol. The van der Waals surface area contributed by atoms with E-state index in [9.17, 15) is 22.4 Å². The van der Waals surface area contributed by atoms with Gasteiger partial charge in [-0.15, -0.1) is 0 Å². The molecule has 0 saturated heterocycles. The SMILES string of the molecule is CC(OC(=O)c1ccc2c(c1)CC(C)N2S(C)(=O)=O)C(=O)NC(C)c1ccc(F)cc1. The summed E-state index contributed by atoms with van der Waals surface area (Å²) in [7, 11) is -3.42. The number of sulfonamides is 1. The first-order chi connectivity index (χ1) is 14.5. The summed E-state index contributed by atoms with van der Waals surface area (Å²) in [5.41, 5.74) is 2.24. The lowest BCUT2D eigenvalue weighted by molar-refractivity contribution is -0.129. The lowest BCUT2D eigenvalue weighted by Gasteiger charge is -2.22. The van der Waals surface area contributed by atoms with E-state index in [4.69, 9.17) is 4.74 Å². The molecule has 1 heterocycles. The Labute approximate surface area is 181 Å². The van der Waals surface area contributed by atoms with Crippen LogP contribution in [0.15, 0.2) is 42.5 Å². The number of benzene rings is 2. The Hall–Kier alpha value is -2.94. The molecule has 0 saturated carbocycles. The smallest absolute Gasteiger partial charge is 0.338 e. The van der Waals surface area contributed by atoms with Crippen LogP contribution in [0.1, 0.15) is 48.3 Å². The third-order valence-corrected chi connectivity index (χ3v) is 6.48. The minimum Gasteiger partial charge on any atom is -0.449 e. The molecule has 2 aromatic rings. The fourth-order valence-corrected chi connectivity index (χ4v) is 4.95. The summed E-state index contributed by atoms with van der Waals surface area (Å²) < 4.78 is 43.7. The second kappa shape index (κ2) is 8.66. The quantitative estimate of drug-likeness (QED) is 0.686. The van der Waals surface area contributed by atoms with E-state index in [1.54, 1.807) is 38.1 Å². The molecule has 3 rings (SSSR count). The largest absolute Gasteiger partial charge is 0.449 e. The molecule has 31 heavy (non-hydrogen) atoms. The Bertz CT molecular complexity index is 1100. The van der Waals surface area contributed by atoms with Crippen molar-refractivity contribution in [3.05, 3.63) is 65.0 Å². The van der Waals surface area contributed by atoms with Gasteiger partial charge in [0.05, 0.1) is 23.5 Å². The summed E-state index contributed by atoms with van der Waals surface area (Å²) in [5.74, 6) is -1.53. The first-order valence-electron chi connectivity index (χ1n) is 9.86. The van der Waals surface area contributed by atoms with E-state index in [-0.39, 0.29) is 17.4 Å². The summed E-state index contributed by atoms with van der Waals surface area (Å²) in [4.78, 5) is 24.9. The third-order valence-electron chi connectivity index (χ3n) is 5.21. The van der Waals surface area contributed by atoms with E-state index in [1.807, 2.05) is 0 Å². The predicted molar refractivity (Wildman–Crippen MR) is 115 cm³/mol. The average molecular weight is 449 g/mol. The minimum absolute atomic E-state index is 0.242. The van der Waals surface area contributed by atoms with Gasteiger partial charge in [-0.25, -0.2) is 17.6 Å². The number of hydrogen-bond acceptors (Lipinski definition) is 5. The Kier molecular flexibility index (Phi) is 6.35. The van der Waals surface area contributed by atoms with Crippen LogP contribution in [-0.2, 0) is 26.0 Å². The van der Waals surface area contributed by atoms with Gasteiger partial charge in [0.25, 0.3) is 5.91 Å². The maximum Gasteiger partial charge on any atom is 0.338 e. The van der Waals surface area contributed by atoms with E-state index in [0.717, 1.165) is 17.4 Å². The molecular formula is C22H25FN2O5S. The van der Waals surface area contributed by atoms with Crippen LogP contribution in [-0.4, -0.2) is 38.7 Å². The summed E-state index contributed by atoms with van der Waals surface area (Å²) in [6, 6.07) is 9.80. The molecule has 7 nitrogen and oxygen atoms in total. The molecule has 1 aliphatic heterocycles.